The second-order valence-corrected chi connectivity index (χ2v) is 2.64. The molecule has 3 nitrogen and oxygen atoms in total. The summed E-state index contributed by atoms with van der Waals surface area (Å²) >= 11 is 0. The number of anilines is 1. The molecule has 1 rings (SSSR count). The Hall–Kier alpha value is -1.38. The van der Waals surface area contributed by atoms with Gasteiger partial charge in [0.1, 0.15) is 5.69 Å². The summed E-state index contributed by atoms with van der Waals surface area (Å²) in [5, 5.41) is 6.00. The Kier molecular flexibility index (Phi) is 2.80. The lowest BCUT2D eigenvalue weighted by Crippen LogP contribution is -1.96. The minimum atomic E-state index is 0.483. The molecule has 0 fully saturated rings. The van der Waals surface area contributed by atoms with E-state index in [-0.39, 0.29) is 0 Å². The van der Waals surface area contributed by atoms with E-state index in [0.29, 0.717) is 5.69 Å². The first-order valence-corrected chi connectivity index (χ1v) is 3.95. The molecule has 0 aromatic heterocycles. The molecule has 0 bridgehead atoms. The van der Waals surface area contributed by atoms with Crippen molar-refractivity contribution in [2.75, 3.05) is 11.9 Å². The minimum absolute atomic E-state index is 0.483. The van der Waals surface area contributed by atoms with Gasteiger partial charge in [-0.15, -0.1) is 4.91 Å². The van der Waals surface area contributed by atoms with E-state index in [1.165, 1.54) is 0 Å². The van der Waals surface area contributed by atoms with Crippen molar-refractivity contribution in [2.24, 2.45) is 5.18 Å². The molecule has 1 N–H and O–H groups in total. The van der Waals surface area contributed by atoms with Crippen molar-refractivity contribution in [1.29, 1.82) is 0 Å². The van der Waals surface area contributed by atoms with Crippen molar-refractivity contribution in [3.05, 3.63) is 28.7 Å². The average molecular weight is 164 g/mol. The van der Waals surface area contributed by atoms with Gasteiger partial charge in [0.25, 0.3) is 0 Å². The van der Waals surface area contributed by atoms with Crippen molar-refractivity contribution in [1.82, 2.24) is 0 Å². The highest BCUT2D eigenvalue weighted by Crippen LogP contribution is 2.25. The number of hydrogen-bond donors (Lipinski definition) is 1. The first-order chi connectivity index (χ1) is 5.77. The van der Waals surface area contributed by atoms with Gasteiger partial charge >= 0.3 is 0 Å². The molecule has 3 heteroatoms. The van der Waals surface area contributed by atoms with Crippen LogP contribution in [0.2, 0.25) is 0 Å². The fourth-order valence-electron chi connectivity index (χ4n) is 1.06. The summed E-state index contributed by atoms with van der Waals surface area (Å²) in [4.78, 5) is 10.4. The Balaban J connectivity index is 3.02. The Morgan fingerprint density at radius 3 is 2.83 bits per heavy atom. The molecule has 1 aromatic rings. The second kappa shape index (κ2) is 3.85. The lowest BCUT2D eigenvalue weighted by molar-refractivity contribution is 1.20. The Bertz CT molecular complexity index is 284. The number of nitrogens with zero attached hydrogens (tertiary/aromatic N) is 1. The summed E-state index contributed by atoms with van der Waals surface area (Å²) < 4.78 is 0. The highest BCUT2D eigenvalue weighted by Gasteiger charge is 2.00. The molecular weight excluding hydrogens is 152 g/mol. The highest BCUT2D eigenvalue weighted by atomic mass is 16.3. The van der Waals surface area contributed by atoms with E-state index in [1.807, 2.05) is 26.0 Å². The van der Waals surface area contributed by atoms with E-state index in [2.05, 4.69) is 10.5 Å². The van der Waals surface area contributed by atoms with E-state index >= 15 is 0 Å². The molecule has 0 amide bonds. The molecule has 0 aliphatic rings. The Morgan fingerprint density at radius 2 is 2.25 bits per heavy atom. The van der Waals surface area contributed by atoms with E-state index in [9.17, 15) is 4.91 Å². The number of hydrogen-bond acceptors (Lipinski definition) is 3. The summed E-state index contributed by atoms with van der Waals surface area (Å²) in [7, 11) is 0. The smallest absolute Gasteiger partial charge is 0.131 e. The van der Waals surface area contributed by atoms with E-state index < -0.39 is 0 Å². The van der Waals surface area contributed by atoms with Crippen LogP contribution >= 0.6 is 0 Å². The van der Waals surface area contributed by atoms with E-state index in [4.69, 9.17) is 0 Å². The van der Waals surface area contributed by atoms with Crippen molar-refractivity contribution < 1.29 is 0 Å². The van der Waals surface area contributed by atoms with Crippen LogP contribution in [0.5, 0.6) is 0 Å². The maximum Gasteiger partial charge on any atom is 0.131 e. The third kappa shape index (κ3) is 1.81. The molecule has 0 saturated heterocycles. The van der Waals surface area contributed by atoms with Crippen LogP contribution in [0.25, 0.3) is 0 Å². The minimum Gasteiger partial charge on any atom is -0.383 e. The Labute approximate surface area is 71.8 Å². The van der Waals surface area contributed by atoms with Gasteiger partial charge in [-0.3, -0.25) is 0 Å². The third-order valence-electron chi connectivity index (χ3n) is 1.62. The zero-order chi connectivity index (χ0) is 8.97. The summed E-state index contributed by atoms with van der Waals surface area (Å²) in [5.41, 5.74) is 2.33. The molecule has 0 aliphatic heterocycles. The standard InChI is InChI=1S/C9H12N2O/c1-3-10-8-5-4-7(2)6-9(8)11-12/h4-6,10H,3H2,1-2H3. The number of rotatable bonds is 3. The second-order valence-electron chi connectivity index (χ2n) is 2.64. The first kappa shape index (κ1) is 8.71. The van der Waals surface area contributed by atoms with Crippen molar-refractivity contribution >= 4 is 11.4 Å². The monoisotopic (exact) mass is 164 g/mol. The van der Waals surface area contributed by atoms with Crippen LogP contribution in [0, 0.1) is 11.8 Å². The van der Waals surface area contributed by atoms with Crippen LogP contribution < -0.4 is 5.32 Å². The van der Waals surface area contributed by atoms with Gasteiger partial charge in [0.05, 0.1) is 5.69 Å². The predicted octanol–water partition coefficient (Wildman–Crippen LogP) is 2.82. The van der Waals surface area contributed by atoms with Gasteiger partial charge < -0.3 is 5.32 Å². The third-order valence-corrected chi connectivity index (χ3v) is 1.62. The van der Waals surface area contributed by atoms with Crippen LogP contribution in [0.4, 0.5) is 11.4 Å². The molecule has 0 spiro atoms. The van der Waals surface area contributed by atoms with Gasteiger partial charge in [0, 0.05) is 6.54 Å². The van der Waals surface area contributed by atoms with Crippen LogP contribution in [-0.2, 0) is 0 Å². The van der Waals surface area contributed by atoms with Gasteiger partial charge in [-0.2, -0.15) is 0 Å². The van der Waals surface area contributed by atoms with Gasteiger partial charge in [0.2, 0.25) is 0 Å². The molecule has 0 aliphatic carbocycles. The van der Waals surface area contributed by atoms with Gasteiger partial charge in [-0.05, 0) is 36.7 Å². The zero-order valence-corrected chi connectivity index (χ0v) is 7.29. The van der Waals surface area contributed by atoms with Crippen molar-refractivity contribution in [2.45, 2.75) is 13.8 Å². The molecule has 0 heterocycles. The number of aryl methyl sites for hydroxylation is 1. The maximum atomic E-state index is 10.4. The van der Waals surface area contributed by atoms with Crippen LogP contribution in [-0.4, -0.2) is 6.54 Å². The zero-order valence-electron chi connectivity index (χ0n) is 7.29. The highest BCUT2D eigenvalue weighted by molar-refractivity contribution is 5.66. The summed E-state index contributed by atoms with van der Waals surface area (Å²) in [6.07, 6.45) is 0. The summed E-state index contributed by atoms with van der Waals surface area (Å²) in [5.74, 6) is 0. The summed E-state index contributed by atoms with van der Waals surface area (Å²) in [6.45, 7) is 4.71. The lowest BCUT2D eigenvalue weighted by Gasteiger charge is -2.04. The van der Waals surface area contributed by atoms with E-state index in [0.717, 1.165) is 17.8 Å². The fourth-order valence-corrected chi connectivity index (χ4v) is 1.06. The predicted molar refractivity (Wildman–Crippen MR) is 50.8 cm³/mol. The molecule has 1 aromatic carbocycles. The SMILES string of the molecule is CCNc1ccc(C)cc1N=O. The number of nitroso groups, excluding NO2 is 1. The first-order valence-electron chi connectivity index (χ1n) is 3.95. The Morgan fingerprint density at radius 1 is 1.50 bits per heavy atom. The molecule has 0 saturated carbocycles. The fraction of sp³-hybridized carbons (Fsp3) is 0.333. The number of benzene rings is 1. The van der Waals surface area contributed by atoms with Crippen LogP contribution in [0.3, 0.4) is 0 Å². The van der Waals surface area contributed by atoms with Crippen LogP contribution in [0.1, 0.15) is 12.5 Å². The maximum absolute atomic E-state index is 10.4. The van der Waals surface area contributed by atoms with E-state index in [1.54, 1.807) is 6.07 Å². The lowest BCUT2D eigenvalue weighted by atomic mass is 10.2. The topological polar surface area (TPSA) is 41.5 Å². The van der Waals surface area contributed by atoms with Gasteiger partial charge in [-0.1, -0.05) is 6.07 Å². The summed E-state index contributed by atoms with van der Waals surface area (Å²) in [6, 6.07) is 5.59. The number of nitrogens with one attached hydrogen (secondary N) is 1. The molecular formula is C9H12N2O. The molecule has 64 valence electrons. The molecule has 0 atom stereocenters. The average Bonchev–Trinajstić information content (AvgIpc) is 2.08. The normalized spacial score (nSPS) is 9.50. The van der Waals surface area contributed by atoms with Gasteiger partial charge in [0.15, 0.2) is 0 Å². The van der Waals surface area contributed by atoms with Crippen LogP contribution in [0.15, 0.2) is 23.4 Å². The largest absolute Gasteiger partial charge is 0.383 e. The quantitative estimate of drug-likeness (QED) is 0.698. The van der Waals surface area contributed by atoms with Crippen molar-refractivity contribution in [3.63, 3.8) is 0 Å². The molecule has 0 unspecified atom stereocenters. The van der Waals surface area contributed by atoms with Gasteiger partial charge in [-0.25, -0.2) is 0 Å². The molecule has 0 radical (unpaired) electrons. The van der Waals surface area contributed by atoms with Crippen molar-refractivity contribution in [3.8, 4) is 0 Å². The molecule has 12 heavy (non-hydrogen) atoms.